The van der Waals surface area contributed by atoms with Gasteiger partial charge in [-0.2, -0.15) is 0 Å². The van der Waals surface area contributed by atoms with Gasteiger partial charge < -0.3 is 10.3 Å². The number of hydrogen-bond acceptors (Lipinski definition) is 7. The summed E-state index contributed by atoms with van der Waals surface area (Å²) in [6.45, 7) is 0. The van der Waals surface area contributed by atoms with E-state index in [4.69, 9.17) is 0 Å². The number of ketones is 1. The number of aromatic amines is 1. The van der Waals surface area contributed by atoms with E-state index in [9.17, 15) is 28.5 Å². The minimum atomic E-state index is -1.09. The Labute approximate surface area is 177 Å². The molecular weight excluding hydrogens is 424 g/mol. The second-order valence-corrected chi connectivity index (χ2v) is 6.78. The number of anilines is 2. The molecule has 0 aliphatic heterocycles. The maximum atomic E-state index is 13.3. The molecule has 0 aliphatic carbocycles. The topological polar surface area (TPSA) is 131 Å². The average molecular weight is 437 g/mol. The van der Waals surface area contributed by atoms with E-state index < -0.39 is 27.8 Å². The van der Waals surface area contributed by atoms with Gasteiger partial charge in [0.05, 0.1) is 10.3 Å². The Morgan fingerprint density at radius 3 is 2.50 bits per heavy atom. The lowest BCUT2D eigenvalue weighted by molar-refractivity contribution is -0.386. The van der Waals surface area contributed by atoms with E-state index in [0.717, 1.165) is 18.2 Å². The number of fused-ring (bicyclic) bond motifs is 1. The molecule has 4 aromatic rings. The van der Waals surface area contributed by atoms with Gasteiger partial charge in [0, 0.05) is 23.7 Å². The number of benzene rings is 2. The monoisotopic (exact) mass is 437 g/mol. The van der Waals surface area contributed by atoms with E-state index in [0.29, 0.717) is 11.3 Å². The van der Waals surface area contributed by atoms with Crippen LogP contribution in [0.15, 0.2) is 59.7 Å². The molecule has 0 fully saturated rings. The highest BCUT2D eigenvalue weighted by molar-refractivity contribution is 5.97. The van der Waals surface area contributed by atoms with Crippen LogP contribution in [-0.4, -0.2) is 25.7 Å². The number of carbonyl (C=O) groups is 1. The van der Waals surface area contributed by atoms with Gasteiger partial charge in [0.15, 0.2) is 17.4 Å². The Hall–Kier alpha value is -4.54. The van der Waals surface area contributed by atoms with Crippen molar-refractivity contribution in [2.24, 2.45) is 0 Å². The molecule has 2 aromatic carbocycles. The van der Waals surface area contributed by atoms with Gasteiger partial charge in [-0.05, 0) is 35.9 Å². The van der Waals surface area contributed by atoms with Gasteiger partial charge in [-0.25, -0.2) is 18.7 Å². The third-order valence-electron chi connectivity index (χ3n) is 4.65. The van der Waals surface area contributed by atoms with Crippen molar-refractivity contribution >= 4 is 34.0 Å². The zero-order valence-electron chi connectivity index (χ0n) is 16.1. The second kappa shape index (κ2) is 8.30. The molecule has 0 radical (unpaired) electrons. The highest BCUT2D eigenvalue weighted by Gasteiger charge is 2.16. The van der Waals surface area contributed by atoms with Gasteiger partial charge in [-0.15, -0.1) is 0 Å². The number of nitrogens with zero attached hydrogens (tertiary/aromatic N) is 3. The summed E-state index contributed by atoms with van der Waals surface area (Å²) in [6.07, 6.45) is 1.18. The van der Waals surface area contributed by atoms with Gasteiger partial charge in [-0.1, -0.05) is 12.1 Å². The maximum Gasteiger partial charge on any atom is 0.334 e. The van der Waals surface area contributed by atoms with Crippen LogP contribution in [0.2, 0.25) is 0 Å². The molecule has 0 saturated heterocycles. The van der Waals surface area contributed by atoms with Crippen LogP contribution in [0, 0.1) is 21.7 Å². The molecule has 2 heterocycles. The molecule has 0 saturated carbocycles. The van der Waals surface area contributed by atoms with Crippen LogP contribution >= 0.6 is 0 Å². The van der Waals surface area contributed by atoms with Crippen molar-refractivity contribution in [2.45, 2.75) is 6.42 Å². The molecule has 0 aliphatic rings. The van der Waals surface area contributed by atoms with Crippen LogP contribution in [0.25, 0.3) is 11.0 Å². The summed E-state index contributed by atoms with van der Waals surface area (Å²) in [5, 5.41) is 14.3. The SMILES string of the molecule is O=C(Cc1ccc(Nc2ncnc3[nH]c(=O)c([N+](=O)[O-])cc23)cc1)c1ccc(F)c(F)c1. The first kappa shape index (κ1) is 20.7. The molecular formula is C21H13F2N5O4. The van der Waals surface area contributed by atoms with Crippen LogP contribution in [0.3, 0.4) is 0 Å². The number of nitrogens with one attached hydrogen (secondary N) is 2. The van der Waals surface area contributed by atoms with Crippen molar-refractivity contribution in [3.05, 3.63) is 98.1 Å². The van der Waals surface area contributed by atoms with Crippen molar-refractivity contribution in [1.82, 2.24) is 15.0 Å². The highest BCUT2D eigenvalue weighted by atomic mass is 19.2. The Balaban J connectivity index is 1.55. The molecule has 2 N–H and O–H groups in total. The number of aromatic nitrogens is 3. The van der Waals surface area contributed by atoms with E-state index >= 15 is 0 Å². The predicted molar refractivity (Wildman–Crippen MR) is 111 cm³/mol. The number of halogens is 2. The van der Waals surface area contributed by atoms with E-state index in [1.54, 1.807) is 24.3 Å². The van der Waals surface area contributed by atoms with Crippen molar-refractivity contribution in [2.75, 3.05) is 5.32 Å². The maximum absolute atomic E-state index is 13.3. The van der Waals surface area contributed by atoms with E-state index in [1.807, 2.05) is 0 Å². The lowest BCUT2D eigenvalue weighted by Crippen LogP contribution is -2.12. The molecule has 32 heavy (non-hydrogen) atoms. The number of carbonyl (C=O) groups excluding carboxylic acids is 1. The van der Waals surface area contributed by atoms with Crippen LogP contribution in [-0.2, 0) is 6.42 Å². The minimum absolute atomic E-state index is 0.0186. The fourth-order valence-electron chi connectivity index (χ4n) is 3.04. The second-order valence-electron chi connectivity index (χ2n) is 6.78. The fourth-order valence-corrected chi connectivity index (χ4v) is 3.04. The lowest BCUT2D eigenvalue weighted by atomic mass is 10.0. The standard InChI is InChI=1S/C21H13F2N5O4/c22-15-6-3-12(8-16(15)23)18(29)7-11-1-4-13(5-2-11)26-19-14-9-17(28(31)32)21(30)27-20(14)25-10-24-19/h1-6,8-10H,7H2,(H2,24,25,26,27,30). The number of hydrogen-bond donors (Lipinski definition) is 2. The van der Waals surface area contributed by atoms with E-state index in [-0.39, 0.29) is 34.6 Å². The van der Waals surface area contributed by atoms with Crippen molar-refractivity contribution < 1.29 is 18.5 Å². The summed E-state index contributed by atoms with van der Waals surface area (Å²) in [4.78, 5) is 44.7. The summed E-state index contributed by atoms with van der Waals surface area (Å²) in [5.41, 5.74) is -0.120. The molecule has 0 unspecified atom stereocenters. The Kier molecular flexibility index (Phi) is 5.37. The predicted octanol–water partition coefficient (Wildman–Crippen LogP) is 3.67. The fraction of sp³-hybridized carbons (Fsp3) is 0.0476. The van der Waals surface area contributed by atoms with Gasteiger partial charge in [-0.3, -0.25) is 19.7 Å². The minimum Gasteiger partial charge on any atom is -0.340 e. The largest absolute Gasteiger partial charge is 0.340 e. The molecule has 11 heteroatoms. The Morgan fingerprint density at radius 1 is 1.06 bits per heavy atom. The molecule has 4 rings (SSSR count). The summed E-state index contributed by atoms with van der Waals surface area (Å²) in [7, 11) is 0. The van der Waals surface area contributed by atoms with Crippen LogP contribution in [0.5, 0.6) is 0 Å². The summed E-state index contributed by atoms with van der Waals surface area (Å²) in [6, 6.07) is 10.7. The molecule has 0 amide bonds. The number of pyridine rings is 1. The highest BCUT2D eigenvalue weighted by Crippen LogP contribution is 2.24. The number of H-pyrrole nitrogens is 1. The summed E-state index contributed by atoms with van der Waals surface area (Å²) in [5.74, 6) is -2.25. The Morgan fingerprint density at radius 2 is 1.81 bits per heavy atom. The molecule has 0 bridgehead atoms. The van der Waals surface area contributed by atoms with Crippen molar-refractivity contribution in [1.29, 1.82) is 0 Å². The molecule has 2 aromatic heterocycles. The molecule has 9 nitrogen and oxygen atoms in total. The zero-order valence-corrected chi connectivity index (χ0v) is 16.1. The third-order valence-corrected chi connectivity index (χ3v) is 4.65. The normalized spacial score (nSPS) is 10.8. The first-order valence-electron chi connectivity index (χ1n) is 9.18. The first-order valence-corrected chi connectivity index (χ1v) is 9.18. The van der Waals surface area contributed by atoms with Gasteiger partial charge in [0.1, 0.15) is 17.8 Å². The number of nitro groups is 1. The average Bonchev–Trinajstić information content (AvgIpc) is 2.76. The third kappa shape index (κ3) is 4.17. The van der Waals surface area contributed by atoms with E-state index in [2.05, 4.69) is 20.3 Å². The summed E-state index contributed by atoms with van der Waals surface area (Å²) < 4.78 is 26.4. The molecule has 0 atom stereocenters. The lowest BCUT2D eigenvalue weighted by Gasteiger charge is -2.09. The van der Waals surface area contributed by atoms with Crippen molar-refractivity contribution in [3.8, 4) is 0 Å². The number of rotatable bonds is 6. The molecule has 160 valence electrons. The summed E-state index contributed by atoms with van der Waals surface area (Å²) >= 11 is 0. The quantitative estimate of drug-likeness (QED) is 0.267. The van der Waals surface area contributed by atoms with Crippen molar-refractivity contribution in [3.63, 3.8) is 0 Å². The van der Waals surface area contributed by atoms with Gasteiger partial charge in [0.2, 0.25) is 0 Å². The molecule has 0 spiro atoms. The van der Waals surface area contributed by atoms with Crippen LogP contribution < -0.4 is 10.9 Å². The van der Waals surface area contributed by atoms with Crippen LogP contribution in [0.1, 0.15) is 15.9 Å². The van der Waals surface area contributed by atoms with Gasteiger partial charge in [0.25, 0.3) is 0 Å². The zero-order chi connectivity index (χ0) is 22.8. The number of Topliss-reactive ketones (excluding diaryl/α,β-unsaturated/α-hetero) is 1. The first-order chi connectivity index (χ1) is 15.3. The van der Waals surface area contributed by atoms with Gasteiger partial charge >= 0.3 is 11.2 Å². The smallest absolute Gasteiger partial charge is 0.334 e. The Bertz CT molecular complexity index is 1420. The van der Waals surface area contributed by atoms with E-state index in [1.165, 1.54) is 12.4 Å². The van der Waals surface area contributed by atoms with Crippen LogP contribution in [0.4, 0.5) is 26.0 Å².